The number of rotatable bonds is 3. The molecular weight excluding hydrogens is 228 g/mol. The first-order valence-electron chi connectivity index (χ1n) is 5.51. The van der Waals surface area contributed by atoms with Gasteiger partial charge in [0.25, 0.3) is 0 Å². The fourth-order valence-corrected chi connectivity index (χ4v) is 2.34. The first-order chi connectivity index (χ1) is 7.36. The van der Waals surface area contributed by atoms with E-state index in [0.29, 0.717) is 19.1 Å². The monoisotopic (exact) mass is 248 g/mol. The van der Waals surface area contributed by atoms with Crippen LogP contribution in [0.2, 0.25) is 0 Å². The molecule has 0 bridgehead atoms. The molecule has 94 valence electrons. The van der Waals surface area contributed by atoms with E-state index < -0.39 is 15.1 Å². The average Bonchev–Trinajstić information content (AvgIpc) is 2.26. The lowest BCUT2D eigenvalue weighted by Gasteiger charge is -2.33. The van der Waals surface area contributed by atoms with Crippen LogP contribution in [-0.2, 0) is 14.6 Å². The number of amides is 1. The highest BCUT2D eigenvalue weighted by molar-refractivity contribution is 7.92. The van der Waals surface area contributed by atoms with Crippen molar-refractivity contribution in [2.45, 2.75) is 31.1 Å². The summed E-state index contributed by atoms with van der Waals surface area (Å²) in [6, 6.07) is 0.442. The van der Waals surface area contributed by atoms with Crippen LogP contribution in [0.4, 0.5) is 0 Å². The Morgan fingerprint density at radius 3 is 2.25 bits per heavy atom. The number of piperidine rings is 1. The Bertz CT molecular complexity index is 345. The van der Waals surface area contributed by atoms with E-state index in [1.54, 1.807) is 4.90 Å². The van der Waals surface area contributed by atoms with E-state index in [1.807, 2.05) is 7.05 Å². The average molecular weight is 248 g/mol. The van der Waals surface area contributed by atoms with E-state index >= 15 is 0 Å². The van der Waals surface area contributed by atoms with Crippen LogP contribution in [0.3, 0.4) is 0 Å². The highest BCUT2D eigenvalue weighted by Crippen LogP contribution is 2.13. The molecule has 0 saturated carbocycles. The standard InChI is InChI=1S/C10H20N2O3S/c1-8(16(3,14)15)10(13)12-6-4-9(11-2)5-7-12/h8-9,11H,4-7H2,1-3H3. The molecule has 1 heterocycles. The number of sulfone groups is 1. The molecule has 0 aliphatic carbocycles. The third-order valence-corrected chi connectivity index (χ3v) is 4.69. The molecule has 1 saturated heterocycles. The third kappa shape index (κ3) is 3.18. The molecule has 5 nitrogen and oxygen atoms in total. The van der Waals surface area contributed by atoms with Crippen LogP contribution in [0.15, 0.2) is 0 Å². The normalized spacial score (nSPS) is 20.8. The van der Waals surface area contributed by atoms with Gasteiger partial charge in [-0.15, -0.1) is 0 Å². The molecular formula is C10H20N2O3S. The Kier molecular flexibility index (Phi) is 4.32. The molecule has 1 aliphatic heterocycles. The van der Waals surface area contributed by atoms with Crippen LogP contribution in [0, 0.1) is 0 Å². The Hall–Kier alpha value is -0.620. The van der Waals surface area contributed by atoms with Gasteiger partial charge in [-0.05, 0) is 26.8 Å². The van der Waals surface area contributed by atoms with E-state index in [0.717, 1.165) is 19.1 Å². The van der Waals surface area contributed by atoms with Crippen molar-refractivity contribution in [1.29, 1.82) is 0 Å². The number of carbonyl (C=O) groups excluding carboxylic acids is 1. The topological polar surface area (TPSA) is 66.5 Å². The van der Waals surface area contributed by atoms with Crippen molar-refractivity contribution in [3.8, 4) is 0 Å². The van der Waals surface area contributed by atoms with Crippen LogP contribution in [0.5, 0.6) is 0 Å². The number of likely N-dealkylation sites (tertiary alicyclic amines) is 1. The quantitative estimate of drug-likeness (QED) is 0.740. The second kappa shape index (κ2) is 5.14. The lowest BCUT2D eigenvalue weighted by Crippen LogP contribution is -2.48. The summed E-state index contributed by atoms with van der Waals surface area (Å²) in [6.07, 6.45) is 2.88. The molecule has 16 heavy (non-hydrogen) atoms. The summed E-state index contributed by atoms with van der Waals surface area (Å²) in [6.45, 7) is 2.75. The summed E-state index contributed by atoms with van der Waals surface area (Å²) in [5, 5.41) is 2.25. The van der Waals surface area contributed by atoms with Gasteiger partial charge in [-0.1, -0.05) is 0 Å². The molecule has 0 aromatic carbocycles. The minimum absolute atomic E-state index is 0.267. The molecule has 0 aromatic rings. The Labute approximate surface area is 97.1 Å². The lowest BCUT2D eigenvalue weighted by atomic mass is 10.1. The van der Waals surface area contributed by atoms with Gasteiger partial charge >= 0.3 is 0 Å². The minimum atomic E-state index is -3.28. The van der Waals surface area contributed by atoms with Gasteiger partial charge in [-0.2, -0.15) is 0 Å². The van der Waals surface area contributed by atoms with Crippen molar-refractivity contribution in [1.82, 2.24) is 10.2 Å². The first-order valence-corrected chi connectivity index (χ1v) is 7.46. The second-order valence-corrected chi connectivity index (χ2v) is 6.73. The summed E-state index contributed by atoms with van der Waals surface area (Å²) in [5.41, 5.74) is 0. The molecule has 6 heteroatoms. The fraction of sp³-hybridized carbons (Fsp3) is 0.900. The van der Waals surface area contributed by atoms with E-state index in [2.05, 4.69) is 5.32 Å². The molecule has 1 fully saturated rings. The molecule has 1 rings (SSSR count). The van der Waals surface area contributed by atoms with Gasteiger partial charge < -0.3 is 10.2 Å². The van der Waals surface area contributed by atoms with Crippen LogP contribution in [-0.4, -0.2) is 56.9 Å². The maximum atomic E-state index is 11.9. The molecule has 1 N–H and O–H groups in total. The molecule has 0 aromatic heterocycles. The molecule has 1 atom stereocenters. The van der Waals surface area contributed by atoms with E-state index in [-0.39, 0.29) is 5.91 Å². The van der Waals surface area contributed by atoms with Crippen molar-refractivity contribution in [3.05, 3.63) is 0 Å². The Balaban J connectivity index is 2.57. The predicted molar refractivity (Wildman–Crippen MR) is 63.0 cm³/mol. The second-order valence-electron chi connectivity index (χ2n) is 4.36. The number of hydrogen-bond acceptors (Lipinski definition) is 4. The highest BCUT2D eigenvalue weighted by Gasteiger charge is 2.30. The SMILES string of the molecule is CNC1CCN(C(=O)C(C)S(C)(=O)=O)CC1. The fourth-order valence-electron chi connectivity index (χ4n) is 1.83. The van der Waals surface area contributed by atoms with E-state index in [4.69, 9.17) is 0 Å². The zero-order valence-corrected chi connectivity index (χ0v) is 10.9. The van der Waals surface area contributed by atoms with E-state index in [9.17, 15) is 13.2 Å². The van der Waals surface area contributed by atoms with Crippen molar-refractivity contribution in [2.24, 2.45) is 0 Å². The van der Waals surface area contributed by atoms with Crippen molar-refractivity contribution in [3.63, 3.8) is 0 Å². The summed E-state index contributed by atoms with van der Waals surface area (Å²) < 4.78 is 22.6. The molecule has 1 aliphatic rings. The smallest absolute Gasteiger partial charge is 0.240 e. The van der Waals surface area contributed by atoms with Gasteiger partial charge in [-0.3, -0.25) is 4.79 Å². The Morgan fingerprint density at radius 2 is 1.88 bits per heavy atom. The maximum Gasteiger partial charge on any atom is 0.240 e. The number of hydrogen-bond donors (Lipinski definition) is 1. The number of nitrogens with zero attached hydrogens (tertiary/aromatic N) is 1. The van der Waals surface area contributed by atoms with Crippen LogP contribution < -0.4 is 5.32 Å². The van der Waals surface area contributed by atoms with Crippen molar-refractivity contribution in [2.75, 3.05) is 26.4 Å². The number of nitrogens with one attached hydrogen (secondary N) is 1. The lowest BCUT2D eigenvalue weighted by molar-refractivity contribution is -0.131. The van der Waals surface area contributed by atoms with Gasteiger partial charge in [0.15, 0.2) is 9.84 Å². The minimum Gasteiger partial charge on any atom is -0.341 e. The van der Waals surface area contributed by atoms with Crippen LogP contribution in [0.25, 0.3) is 0 Å². The molecule has 0 radical (unpaired) electrons. The molecule has 1 amide bonds. The van der Waals surface area contributed by atoms with Gasteiger partial charge in [0.05, 0.1) is 0 Å². The first kappa shape index (κ1) is 13.4. The van der Waals surface area contributed by atoms with Gasteiger partial charge in [0, 0.05) is 25.4 Å². The zero-order chi connectivity index (χ0) is 12.3. The summed E-state index contributed by atoms with van der Waals surface area (Å²) in [4.78, 5) is 13.5. The maximum absolute atomic E-state index is 11.9. The van der Waals surface area contributed by atoms with Crippen molar-refractivity contribution >= 4 is 15.7 Å². The largest absolute Gasteiger partial charge is 0.341 e. The highest BCUT2D eigenvalue weighted by atomic mass is 32.2. The summed E-state index contributed by atoms with van der Waals surface area (Å²) in [5.74, 6) is -0.267. The summed E-state index contributed by atoms with van der Waals surface area (Å²) in [7, 11) is -1.37. The Morgan fingerprint density at radius 1 is 1.38 bits per heavy atom. The van der Waals surface area contributed by atoms with Gasteiger partial charge in [0.2, 0.25) is 5.91 Å². The van der Waals surface area contributed by atoms with Gasteiger partial charge in [-0.25, -0.2) is 8.42 Å². The zero-order valence-electron chi connectivity index (χ0n) is 10.1. The predicted octanol–water partition coefficient (Wildman–Crippen LogP) is -0.370. The van der Waals surface area contributed by atoms with Crippen LogP contribution >= 0.6 is 0 Å². The van der Waals surface area contributed by atoms with Crippen LogP contribution in [0.1, 0.15) is 19.8 Å². The molecule has 0 spiro atoms. The van der Waals surface area contributed by atoms with E-state index in [1.165, 1.54) is 6.92 Å². The van der Waals surface area contributed by atoms with Crippen molar-refractivity contribution < 1.29 is 13.2 Å². The third-order valence-electron chi connectivity index (χ3n) is 3.20. The van der Waals surface area contributed by atoms with Gasteiger partial charge in [0.1, 0.15) is 5.25 Å². The summed E-state index contributed by atoms with van der Waals surface area (Å²) >= 11 is 0. The number of carbonyl (C=O) groups is 1. The molecule has 1 unspecified atom stereocenters.